The van der Waals surface area contributed by atoms with Crippen molar-refractivity contribution in [1.82, 2.24) is 5.32 Å². The highest BCUT2D eigenvalue weighted by atomic mass is 16.5. The molecule has 3 heterocycles. The zero-order valence-electron chi connectivity index (χ0n) is 49.7. The van der Waals surface area contributed by atoms with E-state index in [4.69, 9.17) is 9.47 Å². The number of esters is 1. The average Bonchev–Trinajstić information content (AvgIpc) is 1.63. The third kappa shape index (κ3) is 7.27. The number of nitrogens with one attached hydrogen (secondary N) is 1. The molecule has 85 heavy (non-hydrogen) atoms. The number of aldehydes is 1. The molecule has 3 aromatic carbocycles. The summed E-state index contributed by atoms with van der Waals surface area (Å²) in [7, 11) is 1.95. The lowest BCUT2D eigenvalue weighted by molar-refractivity contribution is -0.394. The Morgan fingerprint density at radius 1 is 0.776 bits per heavy atom. The van der Waals surface area contributed by atoms with Crippen LogP contribution in [0.1, 0.15) is 155 Å². The van der Waals surface area contributed by atoms with Gasteiger partial charge in [-0.15, -0.1) is 0 Å². The number of carbonyl (C=O) groups excluding carboxylic acids is 2. The van der Waals surface area contributed by atoms with Crippen molar-refractivity contribution in [3.8, 4) is 11.8 Å². The molecule has 3 aliphatic heterocycles. The summed E-state index contributed by atoms with van der Waals surface area (Å²) in [4.78, 5) is 30.0. The highest BCUT2D eigenvalue weighted by Gasteiger charge is 2.88. The molecule has 2 spiro atoms. The molecule has 9 saturated carbocycles. The van der Waals surface area contributed by atoms with Gasteiger partial charge in [0.2, 0.25) is 0 Å². The molecular weight excluding hydrogens is 1060 g/mol. The predicted molar refractivity (Wildman–Crippen MR) is 321 cm³/mol. The molecule has 1 saturated heterocycles. The molecular formula is C75H89NO9. The molecule has 3 aromatic rings. The Hall–Kier alpha value is -4.44. The predicted octanol–water partition coefficient (Wildman–Crippen LogP) is 9.93. The van der Waals surface area contributed by atoms with Gasteiger partial charge in [0.15, 0.2) is 0 Å². The van der Waals surface area contributed by atoms with Gasteiger partial charge in [0.05, 0.1) is 35.9 Å². The van der Waals surface area contributed by atoms with Crippen LogP contribution >= 0.6 is 0 Å². The molecule has 10 nitrogen and oxygen atoms in total. The van der Waals surface area contributed by atoms with Crippen molar-refractivity contribution in [2.45, 2.75) is 195 Å². The Balaban J connectivity index is 0.864. The van der Waals surface area contributed by atoms with Crippen molar-refractivity contribution in [2.24, 2.45) is 99.1 Å². The number of hydrogen-bond donors (Lipinski definition) is 6. The maximum absolute atomic E-state index is 16.0. The minimum atomic E-state index is -2.23. The third-order valence-corrected chi connectivity index (χ3v) is 28.7. The Morgan fingerprint density at radius 3 is 2.46 bits per heavy atom. The van der Waals surface area contributed by atoms with Gasteiger partial charge in [-0.2, -0.15) is 0 Å². The maximum Gasteiger partial charge on any atom is 0.331 e. The minimum Gasteiger partial charge on any atom is -0.454 e. The zero-order chi connectivity index (χ0) is 57.6. The summed E-state index contributed by atoms with van der Waals surface area (Å²) in [6.45, 7) is -0.127. The van der Waals surface area contributed by atoms with E-state index in [1.54, 1.807) is 6.08 Å². The largest absolute Gasteiger partial charge is 0.454 e. The fraction of sp³-hybridized carbons (Fsp3) is 0.653. The lowest BCUT2D eigenvalue weighted by Gasteiger charge is -2.76. The molecule has 12 aliphatic carbocycles. The van der Waals surface area contributed by atoms with Crippen molar-refractivity contribution >= 4 is 12.3 Å². The summed E-state index contributed by atoms with van der Waals surface area (Å²) in [6, 6.07) is 26.2. The van der Waals surface area contributed by atoms with Crippen LogP contribution in [0.4, 0.5) is 0 Å². The second-order valence-electron chi connectivity index (χ2n) is 31.1. The fourth-order valence-electron chi connectivity index (χ4n) is 26.0. The van der Waals surface area contributed by atoms with Crippen LogP contribution in [0.5, 0.6) is 0 Å². The van der Waals surface area contributed by atoms with Crippen molar-refractivity contribution in [1.29, 1.82) is 0 Å². The van der Waals surface area contributed by atoms with Gasteiger partial charge in [-0.3, -0.25) is 0 Å². The fourth-order valence-corrected chi connectivity index (χ4v) is 26.0. The topological polar surface area (TPSA) is 166 Å². The molecule has 6 N–H and O–H groups in total. The number of allylic oxidation sites excluding steroid dienone is 2. The first-order valence-electron chi connectivity index (χ1n) is 33.8. The van der Waals surface area contributed by atoms with Gasteiger partial charge in [-0.1, -0.05) is 90.7 Å². The lowest BCUT2D eigenvalue weighted by Crippen LogP contribution is -2.87. The van der Waals surface area contributed by atoms with E-state index in [1.165, 1.54) is 23.1 Å². The van der Waals surface area contributed by atoms with Crippen molar-refractivity contribution < 1.29 is 44.6 Å². The summed E-state index contributed by atoms with van der Waals surface area (Å²) < 4.78 is 14.5. The van der Waals surface area contributed by atoms with Gasteiger partial charge >= 0.3 is 5.97 Å². The SMILES string of the molecule is CN[C@@H]1Cc2c(cccc2CO)C#CCC[C@]23CC[C@H]4[C@@](O)([C@@H](O)[C@@H]5C[C@@H]6[C@H]7CC=C[C@@H]6C[C@H]6[C@H]8O[C@H](Cc9cccc(c9)C[C@@H]9CC[C@H]7C9)C[C@H]7C[C@H]9C[C@@H](c%10ccccc%10)CC[C@@H]9[C@]78C[C@@]4(C=O)[C@@]65O)[C@@]2(O)C[C@@H]2C[C@@H]1[C@H]1OC(=O)C=C1[C@@H]23. The van der Waals surface area contributed by atoms with Crippen LogP contribution < -0.4 is 5.32 Å². The maximum atomic E-state index is 16.0. The van der Waals surface area contributed by atoms with Crippen molar-refractivity contribution in [3.05, 3.63) is 130 Å². The number of fused-ring (bicyclic) bond motifs is 13. The first-order valence-corrected chi connectivity index (χ1v) is 33.8. The molecule has 15 aliphatic rings. The van der Waals surface area contributed by atoms with Gasteiger partial charge in [0.1, 0.15) is 23.6 Å². The van der Waals surface area contributed by atoms with Gasteiger partial charge < -0.3 is 45.1 Å². The summed E-state index contributed by atoms with van der Waals surface area (Å²) >= 11 is 0. The van der Waals surface area contributed by atoms with E-state index in [-0.39, 0.29) is 72.7 Å². The van der Waals surface area contributed by atoms with Crippen LogP contribution in [0.15, 0.2) is 96.6 Å². The Bertz CT molecular complexity index is 3330. The van der Waals surface area contributed by atoms with Gasteiger partial charge in [-0.05, 0) is 240 Å². The second kappa shape index (κ2) is 19.5. The van der Waals surface area contributed by atoms with Crippen molar-refractivity contribution in [3.63, 3.8) is 0 Å². The number of benzene rings is 3. The smallest absolute Gasteiger partial charge is 0.331 e. The first kappa shape index (κ1) is 54.7. The Morgan fingerprint density at radius 2 is 1.62 bits per heavy atom. The standard InChI is InChI=1S/C75H89NO9/c1-76-63-36-56-46(15-8-17-50(56)39-77)14-5-6-24-70-25-23-64-71(41-78)40-72-53(31-51-30-47(21-22-60(51)72)45-12-3-2-4-13-45)34-54-29-43-11-7-10-42(26-43)27-44-19-20-49(28-44)55-18-9-16-48-33-62(69(72)84-54)74(71,82)61(35-57(48)55)68(80)75(64,83)73(70,81)38-52-32-58(63)67-59(66(52)70)37-65(79)85-67/h2-4,7-13,15-17,26,37,41,44,47-49,51-55,57-58,60-64,66-69,76-77,80-83H,6,18-25,27-36,38-40H2,1H3/t44-,47-,48+,49-,51+,52-,53+,54+,55-,57-,58-,60-,61-,62-,63+,64+,66+,67+,68-,69+,70+,71-,72-,73+,74-,75+/m0/s1. The molecule has 18 rings (SSSR count). The molecule has 10 fully saturated rings. The number of hydrogen-bond acceptors (Lipinski definition) is 10. The summed E-state index contributed by atoms with van der Waals surface area (Å²) in [5.74, 6) is 6.31. The van der Waals surface area contributed by atoms with E-state index < -0.39 is 69.0 Å². The van der Waals surface area contributed by atoms with Crippen molar-refractivity contribution in [2.75, 3.05) is 7.05 Å². The molecule has 10 heteroatoms. The monoisotopic (exact) mass is 1150 g/mol. The van der Waals surface area contributed by atoms with Gasteiger partial charge in [0, 0.05) is 58.6 Å². The summed E-state index contributed by atoms with van der Waals surface area (Å²) in [6.07, 6.45) is 20.8. The third-order valence-electron chi connectivity index (χ3n) is 28.7. The minimum absolute atomic E-state index is 0.0838. The van der Waals surface area contributed by atoms with Crippen LogP contribution in [-0.4, -0.2) is 92.1 Å². The molecule has 26 atom stereocenters. The molecule has 14 bridgehead atoms. The van der Waals surface area contributed by atoms with E-state index in [9.17, 15) is 15.0 Å². The van der Waals surface area contributed by atoms with E-state index in [1.807, 2.05) is 25.2 Å². The first-order chi connectivity index (χ1) is 41.3. The molecule has 0 aromatic heterocycles. The quantitative estimate of drug-likeness (QED) is 0.0641. The van der Waals surface area contributed by atoms with E-state index in [0.717, 1.165) is 92.8 Å². The lowest BCUT2D eigenvalue weighted by atomic mass is 9.31. The summed E-state index contributed by atoms with van der Waals surface area (Å²) in [5.41, 5.74) is -1.39. The number of ether oxygens (including phenoxy) is 2. The van der Waals surface area contributed by atoms with Gasteiger partial charge in [0.25, 0.3) is 0 Å². The molecule has 0 amide bonds. The van der Waals surface area contributed by atoms with Crippen LogP contribution in [0.3, 0.4) is 0 Å². The number of aliphatic hydroxyl groups is 5. The van der Waals surface area contributed by atoms with E-state index in [2.05, 4.69) is 83.9 Å². The normalized spacial score (nSPS) is 50.0. The number of carbonyl (C=O) groups is 2. The Labute approximate surface area is 502 Å². The molecule has 0 unspecified atom stereocenters. The molecule has 0 radical (unpaired) electrons. The number of likely N-dealkylation sites (N-methyl/N-ethyl adjacent to an activating group) is 1. The average molecular weight is 1150 g/mol. The van der Waals surface area contributed by atoms with Crippen LogP contribution in [0, 0.1) is 111 Å². The van der Waals surface area contributed by atoms with Crippen LogP contribution in [-0.2, 0) is 44.9 Å². The second-order valence-corrected chi connectivity index (χ2v) is 31.1. The zero-order valence-corrected chi connectivity index (χ0v) is 49.7. The molecule has 448 valence electrons. The summed E-state index contributed by atoms with van der Waals surface area (Å²) in [5, 5.41) is 74.7. The Kier molecular flexibility index (Phi) is 12.6. The van der Waals surface area contributed by atoms with Crippen LogP contribution in [0.25, 0.3) is 0 Å². The van der Waals surface area contributed by atoms with E-state index in [0.29, 0.717) is 87.4 Å². The number of aliphatic hydroxyl groups excluding tert-OH is 2. The van der Waals surface area contributed by atoms with Gasteiger partial charge in [-0.25, -0.2) is 4.79 Å². The highest BCUT2D eigenvalue weighted by molar-refractivity contribution is 5.86. The van der Waals surface area contributed by atoms with Crippen LogP contribution in [0.2, 0.25) is 0 Å². The van der Waals surface area contributed by atoms with E-state index >= 15 is 20.1 Å². The highest BCUT2D eigenvalue weighted by Crippen LogP contribution is 2.82. The number of rotatable bonds is 4.